The molecule has 7 nitrogen and oxygen atoms in total. The summed E-state index contributed by atoms with van der Waals surface area (Å²) in [6, 6.07) is 0. The van der Waals surface area contributed by atoms with E-state index < -0.39 is 5.97 Å². The van der Waals surface area contributed by atoms with Gasteiger partial charge < -0.3 is 4.74 Å². The van der Waals surface area contributed by atoms with E-state index in [1.165, 1.54) is 13.3 Å². The second-order valence-electron chi connectivity index (χ2n) is 3.26. The molecule has 0 radical (unpaired) electrons. The molecule has 0 bridgehead atoms. The Morgan fingerprint density at radius 2 is 2.25 bits per heavy atom. The molecule has 7 heteroatoms. The molecule has 16 heavy (non-hydrogen) atoms. The highest BCUT2D eigenvalue weighted by Crippen LogP contribution is 2.31. The first kappa shape index (κ1) is 8.96. The molecule has 0 N–H and O–H groups in total. The smallest absolute Gasteiger partial charge is 0.341 e. The van der Waals surface area contributed by atoms with E-state index in [0.29, 0.717) is 29.6 Å². The van der Waals surface area contributed by atoms with Crippen molar-refractivity contribution in [2.75, 3.05) is 7.11 Å². The maximum absolute atomic E-state index is 11.5. The summed E-state index contributed by atoms with van der Waals surface area (Å²) in [6.07, 6.45) is 3.03. The number of fused-ring (bicyclic) bond motifs is 3. The maximum Gasteiger partial charge on any atom is 0.341 e. The Kier molecular flexibility index (Phi) is 1.73. The fourth-order valence-corrected chi connectivity index (χ4v) is 1.68. The molecule has 0 amide bonds. The normalized spacial score (nSPS) is 13.1. The molecular weight excluding hydrogens is 210 g/mol. The number of rotatable bonds is 1. The molecule has 3 rings (SSSR count). The molecule has 80 valence electrons. The second-order valence-corrected chi connectivity index (χ2v) is 3.26. The Bertz CT molecular complexity index is 574. The molecule has 3 heterocycles. The predicted molar refractivity (Wildman–Crippen MR) is 52.5 cm³/mol. The Morgan fingerprint density at radius 1 is 1.44 bits per heavy atom. The van der Waals surface area contributed by atoms with E-state index >= 15 is 0 Å². The van der Waals surface area contributed by atoms with Crippen LogP contribution in [-0.2, 0) is 11.4 Å². The van der Waals surface area contributed by atoms with Crippen LogP contribution >= 0.6 is 0 Å². The van der Waals surface area contributed by atoms with Crippen molar-refractivity contribution in [3.63, 3.8) is 0 Å². The third-order valence-corrected chi connectivity index (χ3v) is 2.41. The van der Waals surface area contributed by atoms with Gasteiger partial charge in [0.2, 0.25) is 0 Å². The number of carbonyl (C=O) groups is 1. The molecule has 0 aliphatic carbocycles. The quantitative estimate of drug-likeness (QED) is 0.672. The lowest BCUT2D eigenvalue weighted by Crippen LogP contribution is -2.07. The Hall–Kier alpha value is -2.31. The molecule has 0 saturated carbocycles. The summed E-state index contributed by atoms with van der Waals surface area (Å²) in [5, 5.41) is 7.78. The van der Waals surface area contributed by atoms with Crippen molar-refractivity contribution in [1.29, 1.82) is 0 Å². The fraction of sp³-hybridized carbons (Fsp3) is 0.222. The zero-order chi connectivity index (χ0) is 11.1. The van der Waals surface area contributed by atoms with Gasteiger partial charge in [-0.05, 0) is 0 Å². The average molecular weight is 217 g/mol. The molecule has 0 aromatic heterocycles. The van der Waals surface area contributed by atoms with Gasteiger partial charge >= 0.3 is 5.97 Å². The Balaban J connectivity index is 2.27. The van der Waals surface area contributed by atoms with Crippen LogP contribution in [0.4, 0.5) is 5.82 Å². The first-order valence-electron chi connectivity index (χ1n) is 4.61. The van der Waals surface area contributed by atoms with E-state index in [4.69, 9.17) is 0 Å². The van der Waals surface area contributed by atoms with Crippen LogP contribution in [0.2, 0.25) is 0 Å². The highest BCUT2D eigenvalue weighted by molar-refractivity contribution is 5.96. The summed E-state index contributed by atoms with van der Waals surface area (Å²) < 4.78 is 6.46. The number of azo groups is 1. The summed E-state index contributed by atoms with van der Waals surface area (Å²) in [5.74, 6) is 0.680. The topological polar surface area (TPSA) is 81.7 Å². The lowest BCUT2D eigenvalue weighted by atomic mass is 10.2. The molecule has 0 fully saturated rings. The number of nitrogens with zero attached hydrogens (tertiary/aromatic N) is 5. The lowest BCUT2D eigenvalue weighted by molar-refractivity contribution is 0.0601. The summed E-state index contributed by atoms with van der Waals surface area (Å²) in [7, 11) is 1.33. The van der Waals surface area contributed by atoms with Gasteiger partial charge in [0.15, 0.2) is 11.6 Å². The van der Waals surface area contributed by atoms with Gasteiger partial charge in [-0.25, -0.2) is 14.8 Å². The molecule has 0 unspecified atom stereocenters. The van der Waals surface area contributed by atoms with Crippen LogP contribution < -0.4 is 0 Å². The van der Waals surface area contributed by atoms with Gasteiger partial charge in [0, 0.05) is 6.20 Å². The van der Waals surface area contributed by atoms with Crippen molar-refractivity contribution >= 4 is 11.8 Å². The number of ether oxygens (including phenoxy) is 1. The molecule has 0 saturated heterocycles. The molecular formula is C9H7N5O2. The lowest BCUT2D eigenvalue weighted by Gasteiger charge is -2.08. The van der Waals surface area contributed by atoms with E-state index in [2.05, 4.69) is 24.9 Å². The first-order valence-corrected chi connectivity index (χ1v) is 4.61. The minimum absolute atomic E-state index is 0.379. The highest BCUT2D eigenvalue weighted by atomic mass is 16.5. The van der Waals surface area contributed by atoms with E-state index in [1.54, 1.807) is 10.8 Å². The average Bonchev–Trinajstić information content (AvgIpc) is 2.92. The predicted octanol–water partition coefficient (Wildman–Crippen LogP) is 1.22. The minimum atomic E-state index is -0.433. The zero-order valence-electron chi connectivity index (χ0n) is 8.41. The van der Waals surface area contributed by atoms with Crippen molar-refractivity contribution in [1.82, 2.24) is 14.5 Å². The van der Waals surface area contributed by atoms with Crippen LogP contribution in [0.1, 0.15) is 10.4 Å². The third-order valence-electron chi connectivity index (χ3n) is 2.41. The van der Waals surface area contributed by atoms with Gasteiger partial charge in [0.25, 0.3) is 0 Å². The van der Waals surface area contributed by atoms with Crippen molar-refractivity contribution in [3.05, 3.63) is 18.0 Å². The van der Waals surface area contributed by atoms with Crippen LogP contribution in [0, 0.1) is 0 Å². The number of hydrogen-bond donors (Lipinski definition) is 0. The SMILES string of the molecule is COC(=O)c1cnc2ncc3n(c1-2)CN=N3. The summed E-state index contributed by atoms with van der Waals surface area (Å²) in [4.78, 5) is 19.7. The number of carbonyl (C=O) groups excluding carboxylic acids is 1. The van der Waals surface area contributed by atoms with Gasteiger partial charge in [-0.3, -0.25) is 4.57 Å². The van der Waals surface area contributed by atoms with Crippen LogP contribution in [0.25, 0.3) is 11.5 Å². The standard InChI is InChI=1S/C9H7N5O2/c1-16-9(15)5-2-10-8-7(5)14-4-12-13-6(14)3-11-8/h2-3H,4H2,1H3. The molecule has 0 atom stereocenters. The van der Waals surface area contributed by atoms with Gasteiger partial charge in [-0.15, -0.1) is 5.11 Å². The molecule has 0 spiro atoms. The largest absolute Gasteiger partial charge is 0.465 e. The van der Waals surface area contributed by atoms with Crippen LogP contribution in [0.3, 0.4) is 0 Å². The second kappa shape index (κ2) is 3.09. The van der Waals surface area contributed by atoms with Gasteiger partial charge in [0.05, 0.1) is 13.3 Å². The maximum atomic E-state index is 11.5. The summed E-state index contributed by atoms with van der Waals surface area (Å²) in [5.41, 5.74) is 1.01. The highest BCUT2D eigenvalue weighted by Gasteiger charge is 2.25. The minimum Gasteiger partial charge on any atom is -0.465 e. The molecule has 0 aromatic rings. The zero-order valence-corrected chi connectivity index (χ0v) is 8.41. The number of hydrogen-bond acceptors (Lipinski definition) is 6. The van der Waals surface area contributed by atoms with Crippen molar-refractivity contribution in [2.45, 2.75) is 6.67 Å². The van der Waals surface area contributed by atoms with Crippen molar-refractivity contribution in [2.24, 2.45) is 10.2 Å². The van der Waals surface area contributed by atoms with Gasteiger partial charge in [-0.2, -0.15) is 5.11 Å². The van der Waals surface area contributed by atoms with E-state index in [9.17, 15) is 4.79 Å². The number of aromatic nitrogens is 3. The Labute approximate surface area is 90.1 Å². The fourth-order valence-electron chi connectivity index (χ4n) is 1.68. The Morgan fingerprint density at radius 3 is 3.06 bits per heavy atom. The monoisotopic (exact) mass is 217 g/mol. The van der Waals surface area contributed by atoms with Gasteiger partial charge in [-0.1, -0.05) is 0 Å². The van der Waals surface area contributed by atoms with Crippen LogP contribution in [0.5, 0.6) is 0 Å². The number of esters is 1. The summed E-state index contributed by atoms with van der Waals surface area (Å²) in [6.45, 7) is 0.379. The van der Waals surface area contributed by atoms with Crippen LogP contribution in [0.15, 0.2) is 22.6 Å². The van der Waals surface area contributed by atoms with Crippen molar-refractivity contribution < 1.29 is 9.53 Å². The summed E-state index contributed by atoms with van der Waals surface area (Å²) >= 11 is 0. The number of methoxy groups -OCH3 is 1. The molecule has 0 aromatic carbocycles. The molecule has 3 aliphatic heterocycles. The van der Waals surface area contributed by atoms with E-state index in [0.717, 1.165) is 0 Å². The third kappa shape index (κ3) is 1.05. The van der Waals surface area contributed by atoms with Gasteiger partial charge in [0.1, 0.15) is 17.9 Å². The van der Waals surface area contributed by atoms with Crippen molar-refractivity contribution in [3.8, 4) is 11.5 Å². The van der Waals surface area contributed by atoms with Crippen LogP contribution in [-0.4, -0.2) is 27.6 Å². The molecule has 3 aliphatic rings. The van der Waals surface area contributed by atoms with E-state index in [-0.39, 0.29) is 0 Å². The van der Waals surface area contributed by atoms with E-state index in [1.807, 2.05) is 0 Å². The first-order chi connectivity index (χ1) is 7.81.